The highest BCUT2D eigenvalue weighted by atomic mass is 16.6. The van der Waals surface area contributed by atoms with Crippen molar-refractivity contribution in [1.82, 2.24) is 20.3 Å². The Bertz CT molecular complexity index is 1010. The number of fused-ring (bicyclic) bond motifs is 2. The summed E-state index contributed by atoms with van der Waals surface area (Å²) >= 11 is 0. The maximum atomic E-state index is 12.9. The first kappa shape index (κ1) is 18.3. The zero-order valence-corrected chi connectivity index (χ0v) is 16.3. The van der Waals surface area contributed by atoms with E-state index in [1.807, 2.05) is 41.9 Å². The molecule has 7 heteroatoms. The minimum atomic E-state index is -0.148. The van der Waals surface area contributed by atoms with E-state index in [1.54, 1.807) is 6.07 Å². The highest BCUT2D eigenvalue weighted by Gasteiger charge is 2.22. The monoisotopic (exact) mass is 380 g/mol. The van der Waals surface area contributed by atoms with E-state index >= 15 is 0 Å². The molecule has 0 aliphatic carbocycles. The lowest BCUT2D eigenvalue weighted by Gasteiger charge is -2.25. The lowest BCUT2D eigenvalue weighted by Crippen LogP contribution is -2.32. The SMILES string of the molecule is CCn1nnc2cc(C(=O)NC(c3ccc4c(c3)OCCO4)C(C)C)ccc21. The predicted octanol–water partition coefficient (Wildman–Crippen LogP) is 3.35. The summed E-state index contributed by atoms with van der Waals surface area (Å²) in [5.41, 5.74) is 3.20. The van der Waals surface area contributed by atoms with Crippen LogP contribution in [0.4, 0.5) is 0 Å². The van der Waals surface area contributed by atoms with Crippen molar-refractivity contribution < 1.29 is 14.3 Å². The van der Waals surface area contributed by atoms with E-state index in [0.29, 0.717) is 18.8 Å². The van der Waals surface area contributed by atoms with E-state index < -0.39 is 0 Å². The van der Waals surface area contributed by atoms with Crippen LogP contribution in [0.2, 0.25) is 0 Å². The maximum Gasteiger partial charge on any atom is 0.251 e. The molecule has 3 aromatic rings. The second-order valence-corrected chi connectivity index (χ2v) is 7.21. The summed E-state index contributed by atoms with van der Waals surface area (Å²) in [7, 11) is 0. The highest BCUT2D eigenvalue weighted by Crippen LogP contribution is 2.34. The highest BCUT2D eigenvalue weighted by molar-refractivity contribution is 5.97. The maximum absolute atomic E-state index is 12.9. The number of aryl methyl sites for hydroxylation is 1. The molecule has 0 radical (unpaired) electrons. The summed E-state index contributed by atoms with van der Waals surface area (Å²) in [6.07, 6.45) is 0. The normalized spacial score (nSPS) is 14.3. The van der Waals surface area contributed by atoms with Crippen LogP contribution in [0.1, 0.15) is 42.7 Å². The molecule has 1 aromatic heterocycles. The topological polar surface area (TPSA) is 78.3 Å². The van der Waals surface area contributed by atoms with Crippen LogP contribution in [0.5, 0.6) is 11.5 Å². The van der Waals surface area contributed by atoms with Crippen LogP contribution in [-0.2, 0) is 6.54 Å². The molecular weight excluding hydrogens is 356 g/mol. The molecule has 28 heavy (non-hydrogen) atoms. The fourth-order valence-corrected chi connectivity index (χ4v) is 3.46. The van der Waals surface area contributed by atoms with Gasteiger partial charge in [-0.15, -0.1) is 5.10 Å². The molecule has 1 unspecified atom stereocenters. The Morgan fingerprint density at radius 3 is 2.68 bits per heavy atom. The average molecular weight is 380 g/mol. The quantitative estimate of drug-likeness (QED) is 0.734. The number of hydrogen-bond acceptors (Lipinski definition) is 5. The summed E-state index contributed by atoms with van der Waals surface area (Å²) in [6, 6.07) is 11.2. The molecule has 2 heterocycles. The third kappa shape index (κ3) is 3.40. The number of aromatic nitrogens is 3. The molecular formula is C21H24N4O3. The summed E-state index contributed by atoms with van der Waals surface area (Å²) in [6.45, 7) is 8.00. The summed E-state index contributed by atoms with van der Waals surface area (Å²) in [5, 5.41) is 11.4. The molecule has 0 fully saturated rings. The van der Waals surface area contributed by atoms with Crippen LogP contribution in [0, 0.1) is 5.92 Å². The van der Waals surface area contributed by atoms with Gasteiger partial charge in [-0.05, 0) is 48.7 Å². The molecule has 7 nitrogen and oxygen atoms in total. The van der Waals surface area contributed by atoms with Gasteiger partial charge in [0.25, 0.3) is 5.91 Å². The third-order valence-corrected chi connectivity index (χ3v) is 4.95. The number of carbonyl (C=O) groups is 1. The van der Waals surface area contributed by atoms with Gasteiger partial charge in [-0.3, -0.25) is 4.79 Å². The predicted molar refractivity (Wildman–Crippen MR) is 106 cm³/mol. The number of nitrogens with one attached hydrogen (secondary N) is 1. The van der Waals surface area contributed by atoms with E-state index in [9.17, 15) is 4.79 Å². The van der Waals surface area contributed by atoms with E-state index in [2.05, 4.69) is 29.5 Å². The molecule has 1 amide bonds. The number of rotatable bonds is 5. The molecule has 1 atom stereocenters. The standard InChI is InChI=1S/C21H24N4O3/c1-4-25-17-7-5-15(11-16(17)23-24-25)21(26)22-20(13(2)3)14-6-8-18-19(12-14)28-10-9-27-18/h5-8,11-13,20H,4,9-10H2,1-3H3,(H,22,26). The van der Waals surface area contributed by atoms with Crippen LogP contribution in [0.25, 0.3) is 11.0 Å². The van der Waals surface area contributed by atoms with Gasteiger partial charge in [-0.25, -0.2) is 4.68 Å². The van der Waals surface area contributed by atoms with Crippen molar-refractivity contribution in [2.75, 3.05) is 13.2 Å². The largest absolute Gasteiger partial charge is 0.486 e. The molecule has 1 N–H and O–H groups in total. The lowest BCUT2D eigenvalue weighted by atomic mass is 9.95. The van der Waals surface area contributed by atoms with Gasteiger partial charge in [0.15, 0.2) is 11.5 Å². The minimum Gasteiger partial charge on any atom is -0.486 e. The number of ether oxygens (including phenoxy) is 2. The number of amides is 1. The van der Waals surface area contributed by atoms with E-state index in [4.69, 9.17) is 9.47 Å². The Hall–Kier alpha value is -3.09. The summed E-state index contributed by atoms with van der Waals surface area (Å²) in [4.78, 5) is 12.9. The second-order valence-electron chi connectivity index (χ2n) is 7.21. The van der Waals surface area contributed by atoms with Crippen LogP contribution < -0.4 is 14.8 Å². The van der Waals surface area contributed by atoms with Crippen molar-refractivity contribution in [3.8, 4) is 11.5 Å². The summed E-state index contributed by atoms with van der Waals surface area (Å²) < 4.78 is 13.1. The Kier molecular flexibility index (Phi) is 4.90. The molecule has 146 valence electrons. The second kappa shape index (κ2) is 7.50. The van der Waals surface area contributed by atoms with Crippen molar-refractivity contribution in [2.24, 2.45) is 5.92 Å². The van der Waals surface area contributed by atoms with E-state index in [0.717, 1.165) is 34.6 Å². The van der Waals surface area contributed by atoms with E-state index in [1.165, 1.54) is 0 Å². The molecule has 0 saturated heterocycles. The molecule has 0 spiro atoms. The molecule has 4 rings (SSSR count). The minimum absolute atomic E-state index is 0.137. The van der Waals surface area contributed by atoms with Crippen LogP contribution >= 0.6 is 0 Å². The molecule has 2 aromatic carbocycles. The number of nitrogens with zero attached hydrogens (tertiary/aromatic N) is 3. The Morgan fingerprint density at radius 2 is 1.93 bits per heavy atom. The van der Waals surface area contributed by atoms with Crippen LogP contribution in [-0.4, -0.2) is 34.1 Å². The number of carbonyl (C=O) groups excluding carboxylic acids is 1. The average Bonchev–Trinajstić information content (AvgIpc) is 3.13. The fourth-order valence-electron chi connectivity index (χ4n) is 3.46. The van der Waals surface area contributed by atoms with Crippen molar-refractivity contribution in [3.05, 3.63) is 47.5 Å². The zero-order valence-electron chi connectivity index (χ0n) is 16.3. The zero-order chi connectivity index (χ0) is 19.7. The van der Waals surface area contributed by atoms with Gasteiger partial charge < -0.3 is 14.8 Å². The van der Waals surface area contributed by atoms with Gasteiger partial charge in [0.2, 0.25) is 0 Å². The van der Waals surface area contributed by atoms with Crippen LogP contribution in [0.15, 0.2) is 36.4 Å². The van der Waals surface area contributed by atoms with Gasteiger partial charge in [0.05, 0.1) is 11.6 Å². The lowest BCUT2D eigenvalue weighted by molar-refractivity contribution is 0.0925. The molecule has 1 aliphatic rings. The van der Waals surface area contributed by atoms with Crippen molar-refractivity contribution in [3.63, 3.8) is 0 Å². The Balaban J connectivity index is 1.58. The van der Waals surface area contributed by atoms with Gasteiger partial charge in [-0.2, -0.15) is 0 Å². The molecule has 0 saturated carbocycles. The third-order valence-electron chi connectivity index (χ3n) is 4.95. The number of benzene rings is 2. The Labute approximate surface area is 163 Å². The smallest absolute Gasteiger partial charge is 0.251 e. The Morgan fingerprint density at radius 1 is 1.14 bits per heavy atom. The van der Waals surface area contributed by atoms with Gasteiger partial charge >= 0.3 is 0 Å². The van der Waals surface area contributed by atoms with E-state index in [-0.39, 0.29) is 17.9 Å². The van der Waals surface area contributed by atoms with Gasteiger partial charge in [0, 0.05) is 12.1 Å². The van der Waals surface area contributed by atoms with Crippen LogP contribution in [0.3, 0.4) is 0 Å². The molecule has 0 bridgehead atoms. The number of hydrogen-bond donors (Lipinski definition) is 1. The van der Waals surface area contributed by atoms with Crippen molar-refractivity contribution >= 4 is 16.9 Å². The van der Waals surface area contributed by atoms with Gasteiger partial charge in [0.1, 0.15) is 18.7 Å². The molecule has 1 aliphatic heterocycles. The first-order chi connectivity index (χ1) is 13.6. The summed E-state index contributed by atoms with van der Waals surface area (Å²) in [5.74, 6) is 1.53. The van der Waals surface area contributed by atoms with Crippen molar-refractivity contribution in [2.45, 2.75) is 33.4 Å². The van der Waals surface area contributed by atoms with Crippen molar-refractivity contribution in [1.29, 1.82) is 0 Å². The van der Waals surface area contributed by atoms with Gasteiger partial charge in [-0.1, -0.05) is 25.1 Å². The first-order valence-electron chi connectivity index (χ1n) is 9.60. The first-order valence-corrected chi connectivity index (χ1v) is 9.60. The fraction of sp³-hybridized carbons (Fsp3) is 0.381.